The molecule has 0 saturated carbocycles. The van der Waals surface area contributed by atoms with Crippen molar-refractivity contribution in [2.45, 2.75) is 31.8 Å². The van der Waals surface area contributed by atoms with Crippen LogP contribution in [0.4, 0.5) is 5.82 Å². The van der Waals surface area contributed by atoms with E-state index in [9.17, 15) is 9.90 Å². The predicted molar refractivity (Wildman–Crippen MR) is 135 cm³/mol. The number of hydrogen-bond donors (Lipinski definition) is 2. The lowest BCUT2D eigenvalue weighted by Crippen LogP contribution is -2.44. The van der Waals surface area contributed by atoms with Gasteiger partial charge in [0.1, 0.15) is 5.82 Å². The smallest absolute Gasteiger partial charge is 0.223 e. The van der Waals surface area contributed by atoms with Crippen molar-refractivity contribution in [2.24, 2.45) is 0 Å². The van der Waals surface area contributed by atoms with Crippen molar-refractivity contribution in [3.05, 3.63) is 54.4 Å². The first-order valence-electron chi connectivity index (χ1n) is 12.4. The number of H-pyrrole nitrogens is 1. The minimum atomic E-state index is -0.0297. The lowest BCUT2D eigenvalue weighted by Gasteiger charge is -2.34. The zero-order chi connectivity index (χ0) is 24.6. The number of aromatic amines is 1. The summed E-state index contributed by atoms with van der Waals surface area (Å²) < 4.78 is 7.41. The number of anilines is 1. The van der Waals surface area contributed by atoms with E-state index < -0.39 is 0 Å². The Balaban J connectivity index is 1.43. The average Bonchev–Trinajstić information content (AvgIpc) is 3.65. The van der Waals surface area contributed by atoms with Crippen molar-refractivity contribution < 1.29 is 14.6 Å². The largest absolute Gasteiger partial charge is 0.395 e. The highest BCUT2D eigenvalue weighted by molar-refractivity contribution is 5.95. The topological polar surface area (TPSA) is 112 Å². The number of nitrogens with one attached hydrogen (secondary N) is 1. The second kappa shape index (κ2) is 9.36. The van der Waals surface area contributed by atoms with Gasteiger partial charge in [-0.15, -0.1) is 0 Å². The van der Waals surface area contributed by atoms with Crippen molar-refractivity contribution in [1.82, 2.24) is 29.9 Å². The van der Waals surface area contributed by atoms with E-state index in [1.807, 2.05) is 12.3 Å². The number of fused-ring (bicyclic) bond motifs is 1. The quantitative estimate of drug-likeness (QED) is 0.430. The first kappa shape index (κ1) is 22.7. The van der Waals surface area contributed by atoms with Crippen LogP contribution in [0, 0.1) is 0 Å². The van der Waals surface area contributed by atoms with Crippen LogP contribution in [-0.4, -0.2) is 79.8 Å². The van der Waals surface area contributed by atoms with E-state index in [0.717, 1.165) is 46.5 Å². The van der Waals surface area contributed by atoms with Crippen LogP contribution >= 0.6 is 0 Å². The lowest BCUT2D eigenvalue weighted by atomic mass is 9.98. The second-order valence-electron chi connectivity index (χ2n) is 9.36. The van der Waals surface area contributed by atoms with E-state index in [4.69, 9.17) is 9.72 Å². The van der Waals surface area contributed by atoms with Gasteiger partial charge in [0, 0.05) is 37.2 Å². The molecule has 1 unspecified atom stereocenters. The maximum Gasteiger partial charge on any atom is 0.223 e. The first-order valence-corrected chi connectivity index (χ1v) is 12.4. The van der Waals surface area contributed by atoms with Crippen molar-refractivity contribution >= 4 is 22.8 Å². The maximum absolute atomic E-state index is 12.3. The molecule has 2 aliphatic heterocycles. The number of benzene rings is 1. The number of aliphatic hydroxyl groups is 1. The third-order valence-electron chi connectivity index (χ3n) is 7.17. The third kappa shape index (κ3) is 3.92. The number of ether oxygens (including phenoxy) is 1. The second-order valence-corrected chi connectivity index (χ2v) is 9.36. The van der Waals surface area contributed by atoms with Crippen molar-refractivity contribution in [3.8, 4) is 16.9 Å². The standard InChI is InChI=1S/C26H29N7O3/c1-17-16-36-13-11-31(17)24-14-20(21-15-28-33(26(21)29-24)23-8-9-27-30-23)18-2-4-19(5-3-18)22-6-7-25(35)32(22)10-12-34/h2-5,8-9,14-15,17,22,34H,6-7,10-13,16H2,1H3,(H,27,30)/t17-,22?/m1/s1. The summed E-state index contributed by atoms with van der Waals surface area (Å²) in [5, 5.41) is 22.1. The number of nitrogens with zero attached hydrogens (tertiary/aromatic N) is 6. The zero-order valence-corrected chi connectivity index (χ0v) is 20.2. The lowest BCUT2D eigenvalue weighted by molar-refractivity contribution is -0.129. The molecular formula is C26H29N7O3. The molecule has 186 valence electrons. The molecule has 3 aromatic heterocycles. The summed E-state index contributed by atoms with van der Waals surface area (Å²) in [5.41, 5.74) is 3.91. The van der Waals surface area contributed by atoms with Gasteiger partial charge in [0.25, 0.3) is 0 Å². The van der Waals surface area contributed by atoms with Gasteiger partial charge in [0.2, 0.25) is 5.91 Å². The predicted octanol–water partition coefficient (Wildman–Crippen LogP) is 2.69. The Kier molecular flexibility index (Phi) is 5.90. The number of carbonyl (C=O) groups excluding carboxylic acids is 1. The van der Waals surface area contributed by atoms with Crippen LogP contribution in [0.5, 0.6) is 0 Å². The van der Waals surface area contributed by atoms with Gasteiger partial charge >= 0.3 is 0 Å². The van der Waals surface area contributed by atoms with Crippen molar-refractivity contribution in [3.63, 3.8) is 0 Å². The fraction of sp³-hybridized carbons (Fsp3) is 0.385. The van der Waals surface area contributed by atoms with Gasteiger partial charge in [0.05, 0.1) is 38.1 Å². The van der Waals surface area contributed by atoms with Gasteiger partial charge in [0.15, 0.2) is 11.5 Å². The Bertz CT molecular complexity index is 1370. The number of aliphatic hydroxyl groups excluding tert-OH is 1. The van der Waals surface area contributed by atoms with Crippen molar-refractivity contribution in [2.75, 3.05) is 37.8 Å². The van der Waals surface area contributed by atoms with Gasteiger partial charge in [-0.3, -0.25) is 9.89 Å². The molecule has 4 aromatic rings. The number of β-amino-alcohol motifs (C(OH)–C–C–N with tert-alkyl or cyclic N) is 1. The summed E-state index contributed by atoms with van der Waals surface area (Å²) in [6, 6.07) is 12.6. The number of amides is 1. The van der Waals surface area contributed by atoms with Crippen LogP contribution in [0.3, 0.4) is 0 Å². The van der Waals surface area contributed by atoms with Gasteiger partial charge in [-0.2, -0.15) is 14.9 Å². The Morgan fingerprint density at radius 2 is 2.06 bits per heavy atom. The van der Waals surface area contributed by atoms with E-state index in [-0.39, 0.29) is 24.6 Å². The molecule has 1 aromatic carbocycles. The number of pyridine rings is 1. The molecule has 0 radical (unpaired) electrons. The molecule has 0 spiro atoms. The molecule has 2 aliphatic rings. The molecule has 6 rings (SSSR count). The monoisotopic (exact) mass is 487 g/mol. The Morgan fingerprint density at radius 1 is 1.19 bits per heavy atom. The molecule has 2 fully saturated rings. The Labute approximate surface area is 208 Å². The minimum Gasteiger partial charge on any atom is -0.395 e. The van der Waals surface area contributed by atoms with Gasteiger partial charge in [-0.05, 0) is 36.1 Å². The molecule has 2 saturated heterocycles. The number of rotatable bonds is 6. The van der Waals surface area contributed by atoms with E-state index in [0.29, 0.717) is 32.0 Å². The van der Waals surface area contributed by atoms with Crippen LogP contribution in [0.2, 0.25) is 0 Å². The minimum absolute atomic E-state index is 0.00309. The summed E-state index contributed by atoms with van der Waals surface area (Å²) in [4.78, 5) is 21.4. The van der Waals surface area contributed by atoms with Crippen LogP contribution in [0.25, 0.3) is 28.0 Å². The summed E-state index contributed by atoms with van der Waals surface area (Å²) in [6.45, 7) is 4.57. The fourth-order valence-corrected chi connectivity index (χ4v) is 5.33. The van der Waals surface area contributed by atoms with Crippen molar-refractivity contribution in [1.29, 1.82) is 0 Å². The van der Waals surface area contributed by atoms with Crippen LogP contribution < -0.4 is 4.90 Å². The van der Waals surface area contributed by atoms with Crippen LogP contribution in [0.15, 0.2) is 48.8 Å². The van der Waals surface area contributed by atoms with E-state index in [1.165, 1.54) is 0 Å². The fourth-order valence-electron chi connectivity index (χ4n) is 5.33. The Morgan fingerprint density at radius 3 is 2.81 bits per heavy atom. The highest BCUT2D eigenvalue weighted by Gasteiger charge is 2.31. The molecule has 5 heterocycles. The molecule has 0 bridgehead atoms. The summed E-state index contributed by atoms with van der Waals surface area (Å²) in [5.74, 6) is 1.66. The highest BCUT2D eigenvalue weighted by Crippen LogP contribution is 2.36. The van der Waals surface area contributed by atoms with Crippen LogP contribution in [0.1, 0.15) is 31.4 Å². The number of morpholine rings is 1. The SMILES string of the molecule is C[C@@H]1COCCN1c1cc(-c2ccc(C3CCC(=O)N3CCO)cc2)c2cnn(-c3cc[nH]n3)c2n1. The van der Waals surface area contributed by atoms with Gasteiger partial charge < -0.3 is 19.6 Å². The third-order valence-corrected chi connectivity index (χ3v) is 7.17. The molecular weight excluding hydrogens is 458 g/mol. The molecule has 10 nitrogen and oxygen atoms in total. The summed E-state index contributed by atoms with van der Waals surface area (Å²) >= 11 is 0. The molecule has 10 heteroatoms. The number of likely N-dealkylation sites (tertiary alicyclic amines) is 1. The molecule has 2 N–H and O–H groups in total. The highest BCUT2D eigenvalue weighted by atomic mass is 16.5. The molecule has 36 heavy (non-hydrogen) atoms. The maximum atomic E-state index is 12.3. The van der Waals surface area contributed by atoms with Gasteiger partial charge in [-0.1, -0.05) is 24.3 Å². The first-order chi connectivity index (χ1) is 17.6. The normalized spacial score (nSPS) is 20.6. The summed E-state index contributed by atoms with van der Waals surface area (Å²) in [7, 11) is 0. The van der Waals surface area contributed by atoms with Gasteiger partial charge in [-0.25, -0.2) is 4.98 Å². The van der Waals surface area contributed by atoms with E-state index >= 15 is 0 Å². The molecule has 0 aliphatic carbocycles. The zero-order valence-electron chi connectivity index (χ0n) is 20.2. The number of hydrogen-bond acceptors (Lipinski definition) is 7. The number of aromatic nitrogens is 5. The number of carbonyl (C=O) groups is 1. The molecule has 1 amide bonds. The average molecular weight is 488 g/mol. The van der Waals surface area contributed by atoms with Crippen LogP contribution in [-0.2, 0) is 9.53 Å². The Hall–Kier alpha value is -3.76. The summed E-state index contributed by atoms with van der Waals surface area (Å²) in [6.07, 6.45) is 4.90. The molecule has 2 atom stereocenters. The van der Waals surface area contributed by atoms with E-state index in [1.54, 1.807) is 15.8 Å². The van der Waals surface area contributed by atoms with E-state index in [2.05, 4.69) is 57.5 Å².